The Balaban J connectivity index is 1.54. The highest BCUT2D eigenvalue weighted by molar-refractivity contribution is 8.04. The lowest BCUT2D eigenvalue weighted by Crippen LogP contribution is -2.41. The summed E-state index contributed by atoms with van der Waals surface area (Å²) >= 11 is 1.44. The first-order valence-corrected chi connectivity index (χ1v) is 11.5. The monoisotopic (exact) mass is 436 g/mol. The number of thioether (sulfide) groups is 1. The van der Waals surface area contributed by atoms with Crippen LogP contribution in [0.2, 0.25) is 0 Å². The highest BCUT2D eigenvalue weighted by atomic mass is 32.2. The minimum Gasteiger partial charge on any atom is -0.497 e. The summed E-state index contributed by atoms with van der Waals surface area (Å²) in [5.41, 5.74) is 2.30. The molecule has 1 N–H and O–H groups in total. The molecular weight excluding hydrogens is 408 g/mol. The Morgan fingerprint density at radius 1 is 1.16 bits per heavy atom. The summed E-state index contributed by atoms with van der Waals surface area (Å²) in [5, 5.41) is 3.20. The van der Waals surface area contributed by atoms with Crippen LogP contribution in [0.3, 0.4) is 0 Å². The van der Waals surface area contributed by atoms with E-state index in [1.807, 2.05) is 48.5 Å². The molecule has 1 saturated carbocycles. The van der Waals surface area contributed by atoms with Gasteiger partial charge in [-0.2, -0.15) is 0 Å². The Hall–Kier alpha value is -2.73. The Bertz CT molecular complexity index is 1020. The average molecular weight is 437 g/mol. The van der Waals surface area contributed by atoms with Crippen LogP contribution in [0.4, 0.5) is 5.69 Å². The molecular formula is C25H28N2O3S. The first-order chi connectivity index (χ1) is 15.0. The van der Waals surface area contributed by atoms with Gasteiger partial charge in [0.05, 0.1) is 17.7 Å². The fraction of sp³-hybridized carbons (Fsp3) is 0.360. The molecule has 6 heteroatoms. The third-order valence-corrected chi connectivity index (χ3v) is 7.24. The lowest BCUT2D eigenvalue weighted by Gasteiger charge is -2.30. The van der Waals surface area contributed by atoms with E-state index in [1.54, 1.807) is 19.1 Å². The number of nitrogens with one attached hydrogen (secondary N) is 1. The maximum atomic E-state index is 13.0. The van der Waals surface area contributed by atoms with Crippen molar-refractivity contribution in [3.63, 3.8) is 0 Å². The van der Waals surface area contributed by atoms with Crippen LogP contribution in [-0.2, 0) is 4.79 Å². The molecule has 162 valence electrons. The Morgan fingerprint density at radius 3 is 2.61 bits per heavy atom. The van der Waals surface area contributed by atoms with Crippen LogP contribution in [0.15, 0.2) is 52.3 Å². The van der Waals surface area contributed by atoms with Crippen LogP contribution in [-0.4, -0.2) is 32.0 Å². The smallest absolute Gasteiger partial charge is 0.264 e. The van der Waals surface area contributed by atoms with E-state index >= 15 is 0 Å². The summed E-state index contributed by atoms with van der Waals surface area (Å²) in [6.45, 7) is 2.21. The average Bonchev–Trinajstić information content (AvgIpc) is 2.79. The van der Waals surface area contributed by atoms with Gasteiger partial charge in [-0.25, -0.2) is 0 Å². The number of carbonyl (C=O) groups excluding carboxylic acids is 2. The van der Waals surface area contributed by atoms with Gasteiger partial charge in [0.25, 0.3) is 11.8 Å². The molecule has 5 nitrogen and oxygen atoms in total. The quantitative estimate of drug-likeness (QED) is 0.677. The van der Waals surface area contributed by atoms with E-state index < -0.39 is 0 Å². The van der Waals surface area contributed by atoms with E-state index in [1.165, 1.54) is 18.2 Å². The van der Waals surface area contributed by atoms with E-state index in [-0.39, 0.29) is 17.9 Å². The minimum absolute atomic E-state index is 0.0630. The molecule has 0 radical (unpaired) electrons. The molecule has 2 aromatic rings. The first-order valence-electron chi connectivity index (χ1n) is 10.7. The fourth-order valence-electron chi connectivity index (χ4n) is 4.17. The number of benzene rings is 2. The van der Waals surface area contributed by atoms with Crippen molar-refractivity contribution in [3.8, 4) is 5.75 Å². The molecule has 2 atom stereocenters. The van der Waals surface area contributed by atoms with E-state index in [2.05, 4.69) is 12.2 Å². The molecule has 1 heterocycles. The highest BCUT2D eigenvalue weighted by Gasteiger charge is 2.28. The molecule has 4 rings (SSSR count). The molecule has 1 aliphatic heterocycles. The maximum Gasteiger partial charge on any atom is 0.264 e. The van der Waals surface area contributed by atoms with Crippen LogP contribution in [0.5, 0.6) is 5.75 Å². The van der Waals surface area contributed by atoms with Crippen molar-refractivity contribution in [1.82, 2.24) is 5.32 Å². The fourth-order valence-corrected chi connectivity index (χ4v) is 5.26. The van der Waals surface area contributed by atoms with Crippen LogP contribution in [0.25, 0.3) is 6.08 Å². The second-order valence-corrected chi connectivity index (χ2v) is 9.36. The molecule has 0 aromatic heterocycles. The van der Waals surface area contributed by atoms with Crippen molar-refractivity contribution in [3.05, 3.63) is 58.5 Å². The SMILES string of the molecule is COc1ccc(/C=C2\Sc3ccc(C(=O)N[C@@H]4CCCC[C@@H]4C)cc3N(C)C2=O)cc1. The summed E-state index contributed by atoms with van der Waals surface area (Å²) in [5.74, 6) is 1.14. The number of fused-ring (bicyclic) bond motifs is 1. The van der Waals surface area contributed by atoms with Crippen LogP contribution < -0.4 is 15.0 Å². The van der Waals surface area contributed by atoms with Crippen LogP contribution in [0.1, 0.15) is 48.5 Å². The van der Waals surface area contributed by atoms with Gasteiger partial charge in [0, 0.05) is 23.5 Å². The molecule has 2 aliphatic rings. The van der Waals surface area contributed by atoms with Crippen molar-refractivity contribution in [1.29, 1.82) is 0 Å². The summed E-state index contributed by atoms with van der Waals surface area (Å²) in [4.78, 5) is 29.1. The van der Waals surface area contributed by atoms with Crippen molar-refractivity contribution < 1.29 is 14.3 Å². The van der Waals surface area contributed by atoms with Gasteiger partial charge in [-0.15, -0.1) is 0 Å². The number of methoxy groups -OCH3 is 1. The number of hydrogen-bond donors (Lipinski definition) is 1. The molecule has 1 fully saturated rings. The summed E-state index contributed by atoms with van der Waals surface area (Å²) in [6.07, 6.45) is 6.48. The normalized spacial score (nSPS) is 22.2. The number of rotatable bonds is 4. The van der Waals surface area contributed by atoms with E-state index in [0.717, 1.165) is 41.2 Å². The van der Waals surface area contributed by atoms with Crippen LogP contribution >= 0.6 is 11.8 Å². The largest absolute Gasteiger partial charge is 0.497 e. The third-order valence-electron chi connectivity index (χ3n) is 6.16. The van der Waals surface area contributed by atoms with Gasteiger partial charge in [0.2, 0.25) is 0 Å². The molecule has 0 unspecified atom stereocenters. The third kappa shape index (κ3) is 4.64. The zero-order chi connectivity index (χ0) is 22.0. The van der Waals surface area contributed by atoms with Gasteiger partial charge in [-0.05, 0) is 60.7 Å². The van der Waals surface area contributed by atoms with E-state index in [4.69, 9.17) is 4.74 Å². The lowest BCUT2D eigenvalue weighted by atomic mass is 9.86. The summed E-state index contributed by atoms with van der Waals surface area (Å²) in [6, 6.07) is 13.4. The van der Waals surface area contributed by atoms with E-state index in [9.17, 15) is 9.59 Å². The number of anilines is 1. The number of amides is 2. The molecule has 0 bridgehead atoms. The van der Waals surface area contributed by atoms with Crippen molar-refractivity contribution in [2.24, 2.45) is 5.92 Å². The standard InChI is InChI=1S/C25H28N2O3S/c1-16-6-4-5-7-20(16)26-24(28)18-10-13-22-21(15-18)27(2)25(29)23(31-22)14-17-8-11-19(30-3)12-9-17/h8-16,20H,4-7H2,1-3H3,(H,26,28)/b23-14-/t16-,20+/m0/s1. The van der Waals surface area contributed by atoms with Crippen molar-refractivity contribution >= 4 is 35.3 Å². The highest BCUT2D eigenvalue weighted by Crippen LogP contribution is 2.42. The lowest BCUT2D eigenvalue weighted by molar-refractivity contribution is -0.114. The predicted molar refractivity (Wildman–Crippen MR) is 126 cm³/mol. The second kappa shape index (κ2) is 9.18. The van der Waals surface area contributed by atoms with Gasteiger partial charge in [0.15, 0.2) is 0 Å². The number of hydrogen-bond acceptors (Lipinski definition) is 4. The molecule has 0 spiro atoms. The first kappa shape index (κ1) is 21.5. The van der Waals surface area contributed by atoms with Gasteiger partial charge in [-0.1, -0.05) is 43.7 Å². The van der Waals surface area contributed by atoms with Crippen molar-refractivity contribution in [2.45, 2.75) is 43.5 Å². The maximum absolute atomic E-state index is 13.0. The second-order valence-electron chi connectivity index (χ2n) is 8.27. The number of likely N-dealkylation sites (N-methyl/N-ethyl adjacent to an activating group) is 1. The van der Waals surface area contributed by atoms with Crippen molar-refractivity contribution in [2.75, 3.05) is 19.1 Å². The van der Waals surface area contributed by atoms with Gasteiger partial charge in [0.1, 0.15) is 5.75 Å². The molecule has 2 amide bonds. The molecule has 31 heavy (non-hydrogen) atoms. The summed E-state index contributed by atoms with van der Waals surface area (Å²) in [7, 11) is 3.39. The Kier molecular flexibility index (Phi) is 6.37. The minimum atomic E-state index is -0.0771. The molecule has 2 aromatic carbocycles. The molecule has 1 aliphatic carbocycles. The molecule has 0 saturated heterocycles. The topological polar surface area (TPSA) is 58.6 Å². The summed E-state index contributed by atoms with van der Waals surface area (Å²) < 4.78 is 5.19. The zero-order valence-electron chi connectivity index (χ0n) is 18.2. The van der Waals surface area contributed by atoms with Crippen LogP contribution in [0, 0.1) is 5.92 Å². The van der Waals surface area contributed by atoms with Gasteiger partial charge < -0.3 is 15.0 Å². The van der Waals surface area contributed by atoms with Gasteiger partial charge in [-0.3, -0.25) is 9.59 Å². The van der Waals surface area contributed by atoms with Gasteiger partial charge >= 0.3 is 0 Å². The number of nitrogens with zero attached hydrogens (tertiary/aromatic N) is 1. The Morgan fingerprint density at radius 2 is 1.90 bits per heavy atom. The Labute approximate surface area is 187 Å². The zero-order valence-corrected chi connectivity index (χ0v) is 19.0. The number of carbonyl (C=O) groups is 2. The predicted octanol–water partition coefficient (Wildman–Crippen LogP) is 5.11. The number of ether oxygens (including phenoxy) is 1. The van der Waals surface area contributed by atoms with E-state index in [0.29, 0.717) is 16.4 Å².